The molecule has 3 unspecified atom stereocenters. The summed E-state index contributed by atoms with van der Waals surface area (Å²) in [6.07, 6.45) is 8.61. The minimum Gasteiger partial charge on any atom is -0.496 e. The van der Waals surface area contributed by atoms with Crippen molar-refractivity contribution >= 4 is 17.7 Å². The van der Waals surface area contributed by atoms with Crippen LogP contribution in [0.4, 0.5) is 0 Å². The van der Waals surface area contributed by atoms with Gasteiger partial charge < -0.3 is 19.9 Å². The molecule has 32 heavy (non-hydrogen) atoms. The summed E-state index contributed by atoms with van der Waals surface area (Å²) in [5, 5.41) is 3.03. The zero-order valence-corrected chi connectivity index (χ0v) is 19.1. The lowest BCUT2D eigenvalue weighted by Crippen LogP contribution is -2.50. The number of hydrogen-bond acceptors (Lipinski definition) is 4. The molecule has 0 spiro atoms. The number of nitrogens with zero attached hydrogens (tertiary/aromatic N) is 2. The Morgan fingerprint density at radius 2 is 1.91 bits per heavy atom. The van der Waals surface area contributed by atoms with Crippen LogP contribution < -0.4 is 10.1 Å². The van der Waals surface area contributed by atoms with E-state index in [2.05, 4.69) is 5.32 Å². The molecule has 1 aromatic rings. The van der Waals surface area contributed by atoms with E-state index in [9.17, 15) is 14.4 Å². The molecule has 174 valence electrons. The molecule has 0 bridgehead atoms. The Labute approximate surface area is 190 Å². The van der Waals surface area contributed by atoms with Crippen molar-refractivity contribution in [1.29, 1.82) is 0 Å². The number of fused-ring (bicyclic) bond motifs is 1. The van der Waals surface area contributed by atoms with Crippen LogP contribution in [0.2, 0.25) is 0 Å². The number of nitrogens with one attached hydrogen (secondary N) is 1. The number of rotatable bonds is 6. The maximum atomic E-state index is 13.6. The number of para-hydroxylation sites is 1. The summed E-state index contributed by atoms with van der Waals surface area (Å²) >= 11 is 0. The highest BCUT2D eigenvalue weighted by Crippen LogP contribution is 2.41. The molecule has 3 aliphatic rings. The van der Waals surface area contributed by atoms with E-state index in [0.29, 0.717) is 43.2 Å². The molecule has 2 saturated heterocycles. The number of hydrogen-bond donors (Lipinski definition) is 1. The van der Waals surface area contributed by atoms with Gasteiger partial charge >= 0.3 is 0 Å². The maximum absolute atomic E-state index is 13.6. The lowest BCUT2D eigenvalue weighted by molar-refractivity contribution is -0.131. The van der Waals surface area contributed by atoms with Gasteiger partial charge in [0, 0.05) is 32.1 Å². The van der Waals surface area contributed by atoms with Gasteiger partial charge in [-0.15, -0.1) is 0 Å². The van der Waals surface area contributed by atoms with Crippen LogP contribution in [0.1, 0.15) is 68.1 Å². The number of methoxy groups -OCH3 is 1. The highest BCUT2D eigenvalue weighted by molar-refractivity contribution is 6.00. The van der Waals surface area contributed by atoms with E-state index < -0.39 is 6.04 Å². The first-order valence-corrected chi connectivity index (χ1v) is 12.1. The lowest BCUT2D eigenvalue weighted by Gasteiger charge is -2.34. The molecule has 3 atom stereocenters. The monoisotopic (exact) mass is 441 g/mol. The average molecular weight is 442 g/mol. The summed E-state index contributed by atoms with van der Waals surface area (Å²) in [7, 11) is 1.56. The maximum Gasteiger partial charge on any atom is 0.258 e. The van der Waals surface area contributed by atoms with Gasteiger partial charge in [0.25, 0.3) is 5.91 Å². The molecular formula is C25H35N3O4. The largest absolute Gasteiger partial charge is 0.496 e. The first-order valence-electron chi connectivity index (χ1n) is 12.1. The summed E-state index contributed by atoms with van der Waals surface area (Å²) in [5.74, 6) is 0.849. The third-order valence-corrected chi connectivity index (χ3v) is 7.31. The third kappa shape index (κ3) is 4.76. The molecule has 3 amide bonds. The molecule has 2 heterocycles. The van der Waals surface area contributed by atoms with Crippen LogP contribution in [0.3, 0.4) is 0 Å². The van der Waals surface area contributed by atoms with Gasteiger partial charge in [-0.25, -0.2) is 0 Å². The smallest absolute Gasteiger partial charge is 0.258 e. The SMILES string of the molecule is COc1ccccc1C(=O)N1C(C(=O)NCCN2CCCCCC2=O)CC2CCCCC21. The van der Waals surface area contributed by atoms with Crippen molar-refractivity contribution in [3.8, 4) is 5.75 Å². The summed E-state index contributed by atoms with van der Waals surface area (Å²) in [4.78, 5) is 42.8. The predicted octanol–water partition coefficient (Wildman–Crippen LogP) is 2.99. The van der Waals surface area contributed by atoms with E-state index in [0.717, 1.165) is 51.5 Å². The van der Waals surface area contributed by atoms with E-state index in [-0.39, 0.29) is 23.8 Å². The van der Waals surface area contributed by atoms with Crippen molar-refractivity contribution in [2.75, 3.05) is 26.7 Å². The van der Waals surface area contributed by atoms with Gasteiger partial charge in [0.05, 0.1) is 12.7 Å². The molecule has 1 aliphatic carbocycles. The van der Waals surface area contributed by atoms with E-state index >= 15 is 0 Å². The zero-order chi connectivity index (χ0) is 22.5. The van der Waals surface area contributed by atoms with Gasteiger partial charge in [0.1, 0.15) is 11.8 Å². The van der Waals surface area contributed by atoms with E-state index in [1.54, 1.807) is 19.2 Å². The Kier molecular flexibility index (Phi) is 7.33. The Bertz CT molecular complexity index is 842. The van der Waals surface area contributed by atoms with Crippen molar-refractivity contribution in [1.82, 2.24) is 15.1 Å². The molecule has 2 aliphatic heterocycles. The van der Waals surface area contributed by atoms with Crippen LogP contribution in [0.5, 0.6) is 5.75 Å². The quantitative estimate of drug-likeness (QED) is 0.736. The van der Waals surface area contributed by atoms with Crippen molar-refractivity contribution in [2.24, 2.45) is 5.92 Å². The summed E-state index contributed by atoms with van der Waals surface area (Å²) in [5.41, 5.74) is 0.509. The highest BCUT2D eigenvalue weighted by Gasteiger charge is 2.47. The number of carbonyl (C=O) groups excluding carboxylic acids is 3. The van der Waals surface area contributed by atoms with E-state index in [1.165, 1.54) is 0 Å². The Morgan fingerprint density at radius 1 is 1.09 bits per heavy atom. The average Bonchev–Trinajstić information content (AvgIpc) is 3.09. The van der Waals surface area contributed by atoms with Crippen molar-refractivity contribution in [3.05, 3.63) is 29.8 Å². The molecule has 0 radical (unpaired) electrons. The Hall–Kier alpha value is -2.57. The summed E-state index contributed by atoms with van der Waals surface area (Å²) in [6.45, 7) is 1.72. The summed E-state index contributed by atoms with van der Waals surface area (Å²) in [6, 6.07) is 6.87. The Balaban J connectivity index is 1.46. The number of carbonyl (C=O) groups is 3. The van der Waals surface area contributed by atoms with Crippen LogP contribution in [0, 0.1) is 5.92 Å². The van der Waals surface area contributed by atoms with Gasteiger partial charge in [-0.2, -0.15) is 0 Å². The van der Waals surface area contributed by atoms with Crippen molar-refractivity contribution in [3.63, 3.8) is 0 Å². The fraction of sp³-hybridized carbons (Fsp3) is 0.640. The van der Waals surface area contributed by atoms with Crippen LogP contribution >= 0.6 is 0 Å². The van der Waals surface area contributed by atoms with Gasteiger partial charge in [0.15, 0.2) is 0 Å². The minimum atomic E-state index is -0.472. The molecule has 3 fully saturated rings. The second-order valence-electron chi connectivity index (χ2n) is 9.26. The second kappa shape index (κ2) is 10.4. The zero-order valence-electron chi connectivity index (χ0n) is 19.1. The lowest BCUT2D eigenvalue weighted by atomic mass is 9.84. The minimum absolute atomic E-state index is 0.101. The predicted molar refractivity (Wildman–Crippen MR) is 121 cm³/mol. The van der Waals surface area contributed by atoms with Gasteiger partial charge in [-0.05, 0) is 50.2 Å². The van der Waals surface area contributed by atoms with Gasteiger partial charge in [-0.3, -0.25) is 14.4 Å². The topological polar surface area (TPSA) is 79.0 Å². The van der Waals surface area contributed by atoms with Crippen LogP contribution in [0.15, 0.2) is 24.3 Å². The van der Waals surface area contributed by atoms with E-state index in [1.807, 2.05) is 21.9 Å². The number of amides is 3. The fourth-order valence-electron chi connectivity index (χ4n) is 5.65. The van der Waals surface area contributed by atoms with Crippen molar-refractivity contribution < 1.29 is 19.1 Å². The molecule has 1 aromatic carbocycles. The van der Waals surface area contributed by atoms with E-state index in [4.69, 9.17) is 4.74 Å². The number of benzene rings is 1. The molecule has 1 saturated carbocycles. The normalized spacial score (nSPS) is 25.8. The molecule has 1 N–H and O–H groups in total. The highest BCUT2D eigenvalue weighted by atomic mass is 16.5. The van der Waals surface area contributed by atoms with Crippen molar-refractivity contribution in [2.45, 2.75) is 69.9 Å². The molecule has 7 nitrogen and oxygen atoms in total. The first-order chi connectivity index (χ1) is 15.6. The molecule has 0 aromatic heterocycles. The van der Waals surface area contributed by atoms with Crippen LogP contribution in [0.25, 0.3) is 0 Å². The fourth-order valence-corrected chi connectivity index (χ4v) is 5.65. The molecule has 4 rings (SSSR count). The number of ether oxygens (including phenoxy) is 1. The second-order valence-corrected chi connectivity index (χ2v) is 9.26. The molecular weight excluding hydrogens is 406 g/mol. The Morgan fingerprint density at radius 3 is 2.75 bits per heavy atom. The number of likely N-dealkylation sites (tertiary alicyclic amines) is 2. The summed E-state index contributed by atoms with van der Waals surface area (Å²) < 4.78 is 5.42. The van der Waals surface area contributed by atoms with Crippen LogP contribution in [-0.2, 0) is 9.59 Å². The van der Waals surface area contributed by atoms with Gasteiger partial charge in [-0.1, -0.05) is 31.4 Å². The third-order valence-electron chi connectivity index (χ3n) is 7.31. The standard InChI is InChI=1S/C25H35N3O4/c1-32-22-12-7-5-10-19(22)25(31)28-20-11-6-4-9-18(20)17-21(28)24(30)26-14-16-27-15-8-2-3-13-23(27)29/h5,7,10,12,18,20-21H,2-4,6,8-9,11,13-17H2,1H3,(H,26,30). The van der Waals surface area contributed by atoms with Gasteiger partial charge in [0.2, 0.25) is 11.8 Å². The molecule has 7 heteroatoms. The van der Waals surface area contributed by atoms with Crippen LogP contribution in [-0.4, -0.2) is 66.3 Å². The first kappa shape index (κ1) is 22.6.